The molecule has 1 aromatic heterocycles. The number of hydrogen-bond donors (Lipinski definition) is 1. The average Bonchev–Trinajstić information content (AvgIpc) is 2.59. The van der Waals surface area contributed by atoms with Crippen molar-refractivity contribution in [3.05, 3.63) is 5.82 Å². The summed E-state index contributed by atoms with van der Waals surface area (Å²) in [5, 5.41) is 11.7. The molecule has 5 nitrogen and oxygen atoms in total. The van der Waals surface area contributed by atoms with Gasteiger partial charge in [-0.15, -0.1) is 5.10 Å². The van der Waals surface area contributed by atoms with E-state index in [9.17, 15) is 0 Å². The molecule has 1 saturated carbocycles. The lowest BCUT2D eigenvalue weighted by atomic mass is 9.84. The Bertz CT molecular complexity index is 325. The predicted molar refractivity (Wildman–Crippen MR) is 60.5 cm³/mol. The Hall–Kier alpha value is -0.620. The highest BCUT2D eigenvalue weighted by molar-refractivity contribution is 8.00. The van der Waals surface area contributed by atoms with E-state index in [0.717, 1.165) is 12.4 Å². The van der Waals surface area contributed by atoms with Crippen LogP contribution in [0.25, 0.3) is 0 Å². The molecule has 0 aromatic carbocycles. The van der Waals surface area contributed by atoms with Crippen LogP contribution in [-0.2, 0) is 6.54 Å². The smallest absolute Gasteiger partial charge is 0.167 e. The molecule has 2 rings (SSSR count). The SMILES string of the molecule is CSC1(Cn2nnnc2C(C)N)CCC1. The first-order chi connectivity index (χ1) is 7.17. The highest BCUT2D eigenvalue weighted by atomic mass is 32.2. The van der Waals surface area contributed by atoms with E-state index in [0.29, 0.717) is 4.75 Å². The number of rotatable bonds is 4. The van der Waals surface area contributed by atoms with Gasteiger partial charge in [-0.1, -0.05) is 6.42 Å². The summed E-state index contributed by atoms with van der Waals surface area (Å²) in [6, 6.07) is -0.0982. The molecule has 1 atom stereocenters. The van der Waals surface area contributed by atoms with Crippen LogP contribution in [0, 0.1) is 0 Å². The van der Waals surface area contributed by atoms with Crippen LogP contribution < -0.4 is 5.73 Å². The number of aromatic nitrogens is 4. The van der Waals surface area contributed by atoms with Gasteiger partial charge in [-0.2, -0.15) is 11.8 Å². The minimum absolute atomic E-state index is 0.0982. The lowest BCUT2D eigenvalue weighted by Gasteiger charge is -2.40. The highest BCUT2D eigenvalue weighted by Crippen LogP contribution is 2.44. The topological polar surface area (TPSA) is 69.6 Å². The van der Waals surface area contributed by atoms with Gasteiger partial charge in [0.25, 0.3) is 0 Å². The van der Waals surface area contributed by atoms with Crippen LogP contribution in [0.4, 0.5) is 0 Å². The van der Waals surface area contributed by atoms with Crippen molar-refractivity contribution in [2.45, 2.75) is 43.5 Å². The molecule has 0 spiro atoms. The van der Waals surface area contributed by atoms with Gasteiger partial charge in [-0.3, -0.25) is 0 Å². The Labute approximate surface area is 93.8 Å². The van der Waals surface area contributed by atoms with E-state index < -0.39 is 0 Å². The molecular weight excluding hydrogens is 210 g/mol. The summed E-state index contributed by atoms with van der Waals surface area (Å²) >= 11 is 1.92. The number of nitrogens with zero attached hydrogens (tertiary/aromatic N) is 4. The van der Waals surface area contributed by atoms with Crippen LogP contribution in [0.5, 0.6) is 0 Å². The molecule has 1 heterocycles. The largest absolute Gasteiger partial charge is 0.322 e. The molecule has 0 amide bonds. The molecule has 1 aliphatic rings. The van der Waals surface area contributed by atoms with Gasteiger partial charge in [0, 0.05) is 4.75 Å². The minimum atomic E-state index is -0.0982. The Morgan fingerprint density at radius 3 is 2.80 bits per heavy atom. The predicted octanol–water partition coefficient (Wildman–Crippen LogP) is 0.978. The lowest BCUT2D eigenvalue weighted by molar-refractivity contribution is 0.302. The van der Waals surface area contributed by atoms with Crippen molar-refractivity contribution in [2.24, 2.45) is 5.73 Å². The zero-order chi connectivity index (χ0) is 10.9. The summed E-state index contributed by atoms with van der Waals surface area (Å²) < 4.78 is 2.21. The second-order valence-corrected chi connectivity index (χ2v) is 5.50. The molecule has 1 fully saturated rings. The van der Waals surface area contributed by atoms with Gasteiger partial charge >= 0.3 is 0 Å². The van der Waals surface area contributed by atoms with Crippen LogP contribution in [0.15, 0.2) is 0 Å². The van der Waals surface area contributed by atoms with Crippen LogP contribution in [0.3, 0.4) is 0 Å². The van der Waals surface area contributed by atoms with Crippen molar-refractivity contribution in [3.8, 4) is 0 Å². The Morgan fingerprint density at radius 2 is 2.33 bits per heavy atom. The van der Waals surface area contributed by atoms with Crippen molar-refractivity contribution < 1.29 is 0 Å². The third-order valence-corrected chi connectivity index (χ3v) is 4.51. The Kier molecular flexibility index (Phi) is 2.97. The monoisotopic (exact) mass is 227 g/mol. The van der Waals surface area contributed by atoms with Gasteiger partial charge in [0.2, 0.25) is 0 Å². The summed E-state index contributed by atoms with van der Waals surface area (Å²) in [4.78, 5) is 0. The summed E-state index contributed by atoms with van der Waals surface area (Å²) in [6.45, 7) is 2.80. The normalized spacial score (nSPS) is 21.0. The van der Waals surface area contributed by atoms with Crippen molar-refractivity contribution in [3.63, 3.8) is 0 Å². The molecule has 15 heavy (non-hydrogen) atoms. The maximum atomic E-state index is 5.81. The zero-order valence-corrected chi connectivity index (χ0v) is 10.00. The number of nitrogens with two attached hydrogens (primary N) is 1. The molecular formula is C9H17N5S. The van der Waals surface area contributed by atoms with E-state index in [1.807, 2.05) is 23.4 Å². The molecule has 6 heteroatoms. The second kappa shape index (κ2) is 4.09. The summed E-state index contributed by atoms with van der Waals surface area (Å²) in [7, 11) is 0. The van der Waals surface area contributed by atoms with Crippen molar-refractivity contribution in [1.82, 2.24) is 20.2 Å². The third-order valence-electron chi connectivity index (χ3n) is 3.10. The fourth-order valence-electron chi connectivity index (χ4n) is 1.92. The Balaban J connectivity index is 2.13. The van der Waals surface area contributed by atoms with E-state index in [1.54, 1.807) is 0 Å². The van der Waals surface area contributed by atoms with Crippen LogP contribution in [0.1, 0.15) is 38.1 Å². The molecule has 0 bridgehead atoms. The number of tetrazole rings is 1. The summed E-state index contributed by atoms with van der Waals surface area (Å²) in [5.74, 6) is 0.787. The summed E-state index contributed by atoms with van der Waals surface area (Å²) in [5.41, 5.74) is 5.81. The molecule has 0 radical (unpaired) electrons. The highest BCUT2D eigenvalue weighted by Gasteiger charge is 2.37. The zero-order valence-electron chi connectivity index (χ0n) is 9.18. The Morgan fingerprint density at radius 1 is 1.60 bits per heavy atom. The van der Waals surface area contributed by atoms with E-state index in [2.05, 4.69) is 21.8 Å². The minimum Gasteiger partial charge on any atom is -0.322 e. The maximum Gasteiger partial charge on any atom is 0.167 e. The fourth-order valence-corrected chi connectivity index (χ4v) is 2.87. The fraction of sp³-hybridized carbons (Fsp3) is 0.889. The second-order valence-electron chi connectivity index (χ2n) is 4.22. The maximum absolute atomic E-state index is 5.81. The quantitative estimate of drug-likeness (QED) is 0.830. The van der Waals surface area contributed by atoms with Gasteiger partial charge in [0.1, 0.15) is 0 Å². The van der Waals surface area contributed by atoms with Crippen molar-refractivity contribution >= 4 is 11.8 Å². The first-order valence-electron chi connectivity index (χ1n) is 5.24. The average molecular weight is 227 g/mol. The van der Waals surface area contributed by atoms with Gasteiger partial charge in [-0.25, -0.2) is 4.68 Å². The van der Waals surface area contributed by atoms with Gasteiger partial charge in [0.05, 0.1) is 12.6 Å². The van der Waals surface area contributed by atoms with Gasteiger partial charge < -0.3 is 5.73 Å². The molecule has 2 N–H and O–H groups in total. The van der Waals surface area contributed by atoms with Gasteiger partial charge in [0.15, 0.2) is 5.82 Å². The first-order valence-corrected chi connectivity index (χ1v) is 6.46. The molecule has 0 aliphatic heterocycles. The number of hydrogen-bond acceptors (Lipinski definition) is 5. The molecule has 84 valence electrons. The third kappa shape index (κ3) is 2.01. The van der Waals surface area contributed by atoms with E-state index in [1.165, 1.54) is 19.3 Å². The van der Waals surface area contributed by atoms with Crippen LogP contribution in [-0.4, -0.2) is 31.2 Å². The van der Waals surface area contributed by atoms with Crippen LogP contribution >= 0.6 is 11.8 Å². The first kappa shape index (κ1) is 10.9. The molecule has 0 saturated heterocycles. The molecule has 1 unspecified atom stereocenters. The van der Waals surface area contributed by atoms with E-state index in [4.69, 9.17) is 5.73 Å². The molecule has 1 aliphatic carbocycles. The lowest BCUT2D eigenvalue weighted by Crippen LogP contribution is -2.39. The van der Waals surface area contributed by atoms with Crippen molar-refractivity contribution in [1.29, 1.82) is 0 Å². The standard InChI is InChI=1S/C9H17N5S/c1-7(10)8-11-12-13-14(8)6-9(15-2)4-3-5-9/h7H,3-6,10H2,1-2H3. The van der Waals surface area contributed by atoms with Gasteiger partial charge in [-0.05, 0) is 36.4 Å². The number of thioether (sulfide) groups is 1. The molecule has 1 aromatic rings. The van der Waals surface area contributed by atoms with Crippen LogP contribution in [0.2, 0.25) is 0 Å². The van der Waals surface area contributed by atoms with E-state index >= 15 is 0 Å². The van der Waals surface area contributed by atoms with E-state index in [-0.39, 0.29) is 6.04 Å². The van der Waals surface area contributed by atoms with Crippen molar-refractivity contribution in [2.75, 3.05) is 6.26 Å². The summed E-state index contributed by atoms with van der Waals surface area (Å²) in [6.07, 6.45) is 5.99.